The van der Waals surface area contributed by atoms with Gasteiger partial charge >= 0.3 is 0 Å². The first-order valence-electron chi connectivity index (χ1n) is 7.11. The highest BCUT2D eigenvalue weighted by atomic mass is 15.2. The molecule has 3 N–H and O–H groups in total. The van der Waals surface area contributed by atoms with Crippen LogP contribution in [0.2, 0.25) is 0 Å². The van der Waals surface area contributed by atoms with Gasteiger partial charge in [-0.15, -0.1) is 0 Å². The van der Waals surface area contributed by atoms with Gasteiger partial charge in [0.15, 0.2) is 0 Å². The third kappa shape index (κ3) is 4.15. The van der Waals surface area contributed by atoms with Crippen molar-refractivity contribution in [2.24, 2.45) is 5.84 Å². The second-order valence-electron chi connectivity index (χ2n) is 5.36. The van der Waals surface area contributed by atoms with E-state index >= 15 is 0 Å². The SMILES string of the molecule is Cc1ccc(C)c(CC(CCc2ccccn2)NN)c1. The molecule has 0 bridgehead atoms. The van der Waals surface area contributed by atoms with Crippen LogP contribution in [-0.4, -0.2) is 11.0 Å². The maximum Gasteiger partial charge on any atom is 0.0404 e. The number of nitrogens with zero attached hydrogens (tertiary/aromatic N) is 1. The second-order valence-corrected chi connectivity index (χ2v) is 5.36. The Balaban J connectivity index is 1.97. The molecule has 0 fully saturated rings. The van der Waals surface area contributed by atoms with E-state index in [1.165, 1.54) is 16.7 Å². The Hall–Kier alpha value is -1.71. The molecule has 0 aliphatic heterocycles. The van der Waals surface area contributed by atoms with Gasteiger partial charge in [0.2, 0.25) is 0 Å². The lowest BCUT2D eigenvalue weighted by Crippen LogP contribution is -2.37. The predicted molar refractivity (Wildman–Crippen MR) is 83.3 cm³/mol. The summed E-state index contributed by atoms with van der Waals surface area (Å²) in [5.41, 5.74) is 8.05. The zero-order valence-electron chi connectivity index (χ0n) is 12.3. The van der Waals surface area contributed by atoms with E-state index < -0.39 is 0 Å². The number of nitrogens with two attached hydrogens (primary N) is 1. The minimum absolute atomic E-state index is 0.275. The van der Waals surface area contributed by atoms with Crippen LogP contribution in [0.4, 0.5) is 0 Å². The minimum Gasteiger partial charge on any atom is -0.271 e. The van der Waals surface area contributed by atoms with Gasteiger partial charge in [0.05, 0.1) is 0 Å². The molecule has 1 aromatic heterocycles. The predicted octanol–water partition coefficient (Wildman–Crippen LogP) is 2.71. The van der Waals surface area contributed by atoms with Gasteiger partial charge in [0, 0.05) is 17.9 Å². The summed E-state index contributed by atoms with van der Waals surface area (Å²) in [5, 5.41) is 0. The van der Waals surface area contributed by atoms with E-state index in [9.17, 15) is 0 Å². The lowest BCUT2D eigenvalue weighted by Gasteiger charge is -2.17. The molecule has 1 heterocycles. The Morgan fingerprint density at radius 1 is 1.20 bits per heavy atom. The lowest BCUT2D eigenvalue weighted by atomic mass is 9.96. The number of aryl methyl sites for hydroxylation is 3. The van der Waals surface area contributed by atoms with Crippen molar-refractivity contribution < 1.29 is 0 Å². The number of hydrogen-bond acceptors (Lipinski definition) is 3. The molecule has 3 nitrogen and oxygen atoms in total. The van der Waals surface area contributed by atoms with Crippen molar-refractivity contribution >= 4 is 0 Å². The first-order chi connectivity index (χ1) is 9.69. The van der Waals surface area contributed by atoms with E-state index in [1.807, 2.05) is 18.3 Å². The Morgan fingerprint density at radius 2 is 2.05 bits per heavy atom. The highest BCUT2D eigenvalue weighted by Crippen LogP contribution is 2.14. The van der Waals surface area contributed by atoms with E-state index in [0.29, 0.717) is 0 Å². The number of pyridine rings is 1. The van der Waals surface area contributed by atoms with Gasteiger partial charge in [-0.1, -0.05) is 29.8 Å². The third-order valence-corrected chi connectivity index (χ3v) is 3.68. The van der Waals surface area contributed by atoms with Crippen molar-refractivity contribution in [2.75, 3.05) is 0 Å². The van der Waals surface area contributed by atoms with Crippen molar-refractivity contribution in [1.29, 1.82) is 0 Å². The normalized spacial score (nSPS) is 12.3. The quantitative estimate of drug-likeness (QED) is 0.626. The fraction of sp³-hybridized carbons (Fsp3) is 0.353. The lowest BCUT2D eigenvalue weighted by molar-refractivity contribution is 0.488. The number of benzene rings is 1. The van der Waals surface area contributed by atoms with Crippen molar-refractivity contribution in [3.8, 4) is 0 Å². The number of hydrogen-bond donors (Lipinski definition) is 2. The third-order valence-electron chi connectivity index (χ3n) is 3.68. The molecular weight excluding hydrogens is 246 g/mol. The van der Waals surface area contributed by atoms with Crippen LogP contribution in [0.1, 0.15) is 28.8 Å². The topological polar surface area (TPSA) is 50.9 Å². The molecule has 3 heteroatoms. The first kappa shape index (κ1) is 14.7. The summed E-state index contributed by atoms with van der Waals surface area (Å²) in [6.45, 7) is 4.28. The van der Waals surface area contributed by atoms with E-state index in [1.54, 1.807) is 0 Å². The zero-order chi connectivity index (χ0) is 14.4. The molecule has 2 aromatic rings. The largest absolute Gasteiger partial charge is 0.271 e. The summed E-state index contributed by atoms with van der Waals surface area (Å²) >= 11 is 0. The van der Waals surface area contributed by atoms with Crippen LogP contribution in [0, 0.1) is 13.8 Å². The number of hydrazine groups is 1. The van der Waals surface area contributed by atoms with Crippen molar-refractivity contribution in [3.63, 3.8) is 0 Å². The van der Waals surface area contributed by atoms with Gasteiger partial charge in [0.25, 0.3) is 0 Å². The van der Waals surface area contributed by atoms with Crippen LogP contribution >= 0.6 is 0 Å². The van der Waals surface area contributed by atoms with E-state index in [2.05, 4.69) is 48.5 Å². The first-order valence-corrected chi connectivity index (χ1v) is 7.11. The van der Waals surface area contributed by atoms with E-state index in [0.717, 1.165) is 25.0 Å². The highest BCUT2D eigenvalue weighted by Gasteiger charge is 2.10. The molecule has 0 aliphatic carbocycles. The monoisotopic (exact) mass is 269 g/mol. The molecular formula is C17H23N3. The van der Waals surface area contributed by atoms with Crippen LogP contribution < -0.4 is 11.3 Å². The van der Waals surface area contributed by atoms with Crippen LogP contribution in [0.15, 0.2) is 42.6 Å². The summed E-state index contributed by atoms with van der Waals surface area (Å²) in [5.74, 6) is 5.70. The fourth-order valence-corrected chi connectivity index (χ4v) is 2.40. The minimum atomic E-state index is 0.275. The van der Waals surface area contributed by atoms with Gasteiger partial charge in [-0.25, -0.2) is 0 Å². The van der Waals surface area contributed by atoms with E-state index in [4.69, 9.17) is 5.84 Å². The summed E-state index contributed by atoms with van der Waals surface area (Å²) in [6.07, 6.45) is 4.73. The highest BCUT2D eigenvalue weighted by molar-refractivity contribution is 5.31. The van der Waals surface area contributed by atoms with Crippen LogP contribution in [0.5, 0.6) is 0 Å². The number of rotatable bonds is 6. The molecule has 1 atom stereocenters. The van der Waals surface area contributed by atoms with Crippen molar-refractivity contribution in [2.45, 2.75) is 39.2 Å². The number of nitrogens with one attached hydrogen (secondary N) is 1. The Kier molecular flexibility index (Phi) is 5.27. The molecule has 106 valence electrons. The molecule has 1 aromatic carbocycles. The van der Waals surface area contributed by atoms with Crippen LogP contribution in [0.3, 0.4) is 0 Å². The maximum absolute atomic E-state index is 5.70. The van der Waals surface area contributed by atoms with Gasteiger partial charge in [-0.05, 0) is 56.4 Å². The second kappa shape index (κ2) is 7.17. The Labute approximate surface area is 121 Å². The van der Waals surface area contributed by atoms with Gasteiger partial charge in [-0.2, -0.15) is 0 Å². The van der Waals surface area contributed by atoms with Gasteiger partial charge < -0.3 is 0 Å². The molecule has 0 saturated carbocycles. The fourth-order valence-electron chi connectivity index (χ4n) is 2.40. The van der Waals surface area contributed by atoms with Crippen molar-refractivity contribution in [1.82, 2.24) is 10.4 Å². The average molecular weight is 269 g/mol. The smallest absolute Gasteiger partial charge is 0.0404 e. The van der Waals surface area contributed by atoms with Crippen molar-refractivity contribution in [3.05, 3.63) is 65.0 Å². The van der Waals surface area contributed by atoms with Crippen LogP contribution in [0.25, 0.3) is 0 Å². The van der Waals surface area contributed by atoms with Crippen LogP contribution in [-0.2, 0) is 12.8 Å². The zero-order valence-corrected chi connectivity index (χ0v) is 12.3. The summed E-state index contributed by atoms with van der Waals surface area (Å²) in [4.78, 5) is 4.36. The summed E-state index contributed by atoms with van der Waals surface area (Å²) in [7, 11) is 0. The molecule has 0 amide bonds. The molecule has 20 heavy (non-hydrogen) atoms. The number of aromatic nitrogens is 1. The molecule has 0 spiro atoms. The summed E-state index contributed by atoms with van der Waals surface area (Å²) in [6, 6.07) is 12.9. The Morgan fingerprint density at radius 3 is 2.75 bits per heavy atom. The maximum atomic E-state index is 5.70. The summed E-state index contributed by atoms with van der Waals surface area (Å²) < 4.78 is 0. The average Bonchev–Trinajstić information content (AvgIpc) is 2.48. The molecule has 0 aliphatic rings. The van der Waals surface area contributed by atoms with Gasteiger partial charge in [0.1, 0.15) is 0 Å². The Bertz CT molecular complexity index is 537. The van der Waals surface area contributed by atoms with E-state index in [-0.39, 0.29) is 6.04 Å². The molecule has 2 rings (SSSR count). The molecule has 0 saturated heterocycles. The molecule has 1 unspecified atom stereocenters. The molecule has 0 radical (unpaired) electrons. The van der Waals surface area contributed by atoms with Gasteiger partial charge in [-0.3, -0.25) is 16.3 Å². The standard InChI is InChI=1S/C17H23N3/c1-13-6-7-14(2)15(11-13)12-17(20-18)9-8-16-5-3-4-10-19-16/h3-7,10-11,17,20H,8-9,12,18H2,1-2H3.